The Labute approximate surface area is 123 Å². The Balaban J connectivity index is 1.97. The van der Waals surface area contributed by atoms with Gasteiger partial charge in [-0.1, -0.05) is 48.5 Å². The molecule has 1 radical (unpaired) electrons. The van der Waals surface area contributed by atoms with E-state index in [1.807, 2.05) is 30.3 Å². The maximum atomic E-state index is 13.8. The number of nitrogens with one attached hydrogen (secondary N) is 1. The third kappa shape index (κ3) is 4.05. The molecule has 0 spiro atoms. The number of carbonyl (C=O) groups is 1. The molecule has 0 aromatic heterocycles. The Morgan fingerprint density at radius 2 is 1.81 bits per heavy atom. The molecule has 4 heteroatoms. The molecule has 109 valence electrons. The summed E-state index contributed by atoms with van der Waals surface area (Å²) in [7, 11) is 0. The molecule has 1 N–H and O–H groups in total. The summed E-state index contributed by atoms with van der Waals surface area (Å²) in [5.74, 6) is -0.418. The number of hydrogen-bond acceptors (Lipinski definition) is 2. The first-order chi connectivity index (χ1) is 9.99. The van der Waals surface area contributed by atoms with Crippen molar-refractivity contribution in [3.63, 3.8) is 0 Å². The van der Waals surface area contributed by atoms with Crippen LogP contribution in [-0.2, 0) is 16.9 Å². The third-order valence-corrected chi connectivity index (χ3v) is 3.06. The fraction of sp³-hybridized carbons (Fsp3) is 0.176. The van der Waals surface area contributed by atoms with Gasteiger partial charge in [-0.05, 0) is 25.5 Å². The highest BCUT2D eigenvalue weighted by Crippen LogP contribution is 2.22. The van der Waals surface area contributed by atoms with Crippen LogP contribution in [0.4, 0.5) is 9.18 Å². The van der Waals surface area contributed by atoms with Gasteiger partial charge in [0.15, 0.2) is 0 Å². The summed E-state index contributed by atoms with van der Waals surface area (Å²) in [5.41, 5.74) is 0.0880. The van der Waals surface area contributed by atoms with Crippen LogP contribution in [0.2, 0.25) is 0 Å². The number of carbonyl (C=O) groups excluding carboxylic acids is 1. The van der Waals surface area contributed by atoms with E-state index in [2.05, 4.69) is 12.2 Å². The zero-order chi connectivity index (χ0) is 15.3. The number of amides is 1. The van der Waals surface area contributed by atoms with Gasteiger partial charge in [-0.15, -0.1) is 0 Å². The first-order valence-corrected chi connectivity index (χ1v) is 6.58. The minimum Gasteiger partial charge on any atom is -0.445 e. The van der Waals surface area contributed by atoms with E-state index >= 15 is 0 Å². The number of ether oxygens (including phenoxy) is 1. The van der Waals surface area contributed by atoms with Gasteiger partial charge in [-0.3, -0.25) is 0 Å². The second kappa shape index (κ2) is 6.39. The van der Waals surface area contributed by atoms with Gasteiger partial charge < -0.3 is 10.1 Å². The average Bonchev–Trinajstić information content (AvgIpc) is 2.46. The predicted molar refractivity (Wildman–Crippen MR) is 78.9 cm³/mol. The molecule has 21 heavy (non-hydrogen) atoms. The maximum absolute atomic E-state index is 13.8. The van der Waals surface area contributed by atoms with Crippen LogP contribution >= 0.6 is 0 Å². The molecule has 0 fully saturated rings. The Bertz CT molecular complexity index is 611. The summed E-state index contributed by atoms with van der Waals surface area (Å²) in [4.78, 5) is 11.8. The predicted octanol–water partition coefficient (Wildman–Crippen LogP) is 3.80. The minimum absolute atomic E-state index is 0.153. The molecule has 1 amide bonds. The number of alkyl carbamates (subject to hydrolysis) is 1. The van der Waals surface area contributed by atoms with Crippen molar-refractivity contribution in [1.82, 2.24) is 5.32 Å². The van der Waals surface area contributed by atoms with E-state index in [1.54, 1.807) is 25.1 Å². The van der Waals surface area contributed by atoms with E-state index in [4.69, 9.17) is 4.74 Å². The van der Waals surface area contributed by atoms with Gasteiger partial charge in [0.1, 0.15) is 12.4 Å². The first-order valence-electron chi connectivity index (χ1n) is 6.58. The Morgan fingerprint density at radius 3 is 2.48 bits per heavy atom. The number of rotatable bonds is 4. The molecule has 1 atom stereocenters. The largest absolute Gasteiger partial charge is 0.445 e. The lowest BCUT2D eigenvalue weighted by Gasteiger charge is -2.26. The summed E-state index contributed by atoms with van der Waals surface area (Å²) < 4.78 is 18.9. The van der Waals surface area contributed by atoms with Crippen LogP contribution in [-0.4, -0.2) is 6.09 Å². The summed E-state index contributed by atoms with van der Waals surface area (Å²) in [6.07, 6.45) is -0.639. The minimum atomic E-state index is -1.10. The summed E-state index contributed by atoms with van der Waals surface area (Å²) in [5, 5.41) is 2.57. The van der Waals surface area contributed by atoms with Crippen molar-refractivity contribution < 1.29 is 13.9 Å². The monoisotopic (exact) mass is 286 g/mol. The van der Waals surface area contributed by atoms with E-state index in [1.165, 1.54) is 6.07 Å². The first kappa shape index (κ1) is 15.0. The van der Waals surface area contributed by atoms with Gasteiger partial charge in [0.2, 0.25) is 0 Å². The maximum Gasteiger partial charge on any atom is 0.408 e. The average molecular weight is 286 g/mol. The highest BCUT2D eigenvalue weighted by molar-refractivity contribution is 5.69. The molecule has 0 bridgehead atoms. The van der Waals surface area contributed by atoms with Gasteiger partial charge in [0.05, 0.1) is 5.54 Å². The quantitative estimate of drug-likeness (QED) is 0.928. The molecule has 0 unspecified atom stereocenters. The van der Waals surface area contributed by atoms with Crippen LogP contribution in [0.3, 0.4) is 0 Å². The van der Waals surface area contributed by atoms with Crippen LogP contribution in [0.25, 0.3) is 0 Å². The van der Waals surface area contributed by atoms with Crippen LogP contribution in [0.1, 0.15) is 18.1 Å². The van der Waals surface area contributed by atoms with E-state index in [0.717, 1.165) is 5.56 Å². The SMILES string of the molecule is [CH2][C@](C)(NC(=O)OCc1ccccc1)c1ccccc1F. The summed E-state index contributed by atoms with van der Waals surface area (Å²) in [6, 6.07) is 15.5. The van der Waals surface area contributed by atoms with E-state index < -0.39 is 17.4 Å². The number of hydrogen-bond donors (Lipinski definition) is 1. The standard InChI is InChI=1S/C17H17FNO2/c1-17(2,14-10-6-7-11-15(14)18)19-16(20)21-12-13-8-4-3-5-9-13/h3-11H,1,12H2,2H3,(H,19,20)/t17-/m1/s1. The fourth-order valence-corrected chi connectivity index (χ4v) is 1.96. The lowest BCUT2D eigenvalue weighted by molar-refractivity contribution is 0.131. The van der Waals surface area contributed by atoms with Gasteiger partial charge in [-0.2, -0.15) is 0 Å². The molecule has 0 heterocycles. The lowest BCUT2D eigenvalue weighted by Crippen LogP contribution is -2.42. The summed E-state index contributed by atoms with van der Waals surface area (Å²) in [6.45, 7) is 5.62. The van der Waals surface area contributed by atoms with Crippen molar-refractivity contribution in [1.29, 1.82) is 0 Å². The van der Waals surface area contributed by atoms with Crippen molar-refractivity contribution in [3.05, 3.63) is 78.5 Å². The molecule has 2 aromatic rings. The van der Waals surface area contributed by atoms with Gasteiger partial charge in [0, 0.05) is 5.56 Å². The van der Waals surface area contributed by atoms with Crippen LogP contribution in [0.15, 0.2) is 54.6 Å². The van der Waals surface area contributed by atoms with Gasteiger partial charge in [-0.25, -0.2) is 9.18 Å². The Hall–Kier alpha value is -2.36. The van der Waals surface area contributed by atoms with Crippen molar-refractivity contribution in [3.8, 4) is 0 Å². The molecule has 0 aliphatic carbocycles. The van der Waals surface area contributed by atoms with E-state index in [-0.39, 0.29) is 6.61 Å². The van der Waals surface area contributed by atoms with Crippen LogP contribution in [0.5, 0.6) is 0 Å². The number of benzene rings is 2. The fourth-order valence-electron chi connectivity index (χ4n) is 1.96. The van der Waals surface area contributed by atoms with Gasteiger partial charge >= 0.3 is 6.09 Å². The van der Waals surface area contributed by atoms with Crippen molar-refractivity contribution in [2.45, 2.75) is 19.1 Å². The molecule has 0 aliphatic rings. The topological polar surface area (TPSA) is 38.3 Å². The summed E-state index contributed by atoms with van der Waals surface area (Å²) >= 11 is 0. The Kier molecular flexibility index (Phi) is 4.58. The second-order valence-electron chi connectivity index (χ2n) is 5.00. The van der Waals surface area contributed by atoms with Crippen LogP contribution < -0.4 is 5.32 Å². The second-order valence-corrected chi connectivity index (χ2v) is 5.00. The molecule has 3 nitrogen and oxygen atoms in total. The normalized spacial score (nSPS) is 11.0. The van der Waals surface area contributed by atoms with Gasteiger partial charge in [0.25, 0.3) is 0 Å². The molecule has 2 rings (SSSR count). The van der Waals surface area contributed by atoms with Crippen molar-refractivity contribution >= 4 is 6.09 Å². The highest BCUT2D eigenvalue weighted by Gasteiger charge is 2.26. The molecule has 0 saturated heterocycles. The smallest absolute Gasteiger partial charge is 0.408 e. The molecular weight excluding hydrogens is 269 g/mol. The van der Waals surface area contributed by atoms with Crippen molar-refractivity contribution in [2.75, 3.05) is 0 Å². The third-order valence-electron chi connectivity index (χ3n) is 3.06. The zero-order valence-corrected chi connectivity index (χ0v) is 11.8. The van der Waals surface area contributed by atoms with Crippen molar-refractivity contribution in [2.24, 2.45) is 0 Å². The molecule has 0 aliphatic heterocycles. The molecular formula is C17H17FNO2. The Morgan fingerprint density at radius 1 is 1.19 bits per heavy atom. The van der Waals surface area contributed by atoms with E-state index in [9.17, 15) is 9.18 Å². The highest BCUT2D eigenvalue weighted by atomic mass is 19.1. The van der Waals surface area contributed by atoms with Crippen LogP contribution in [0, 0.1) is 12.7 Å². The van der Waals surface area contributed by atoms with E-state index in [0.29, 0.717) is 5.56 Å². The lowest BCUT2D eigenvalue weighted by atomic mass is 9.94. The molecule has 0 saturated carbocycles. The molecule has 2 aromatic carbocycles. The zero-order valence-electron chi connectivity index (χ0n) is 11.8. The number of halogens is 1.